The van der Waals surface area contributed by atoms with Crippen LogP contribution in [0.15, 0.2) is 16.6 Å². The molecule has 1 nitrogen and oxygen atoms in total. The number of benzene rings is 1. The van der Waals surface area contributed by atoms with Crippen molar-refractivity contribution < 1.29 is 13.2 Å². The third-order valence-corrected chi connectivity index (χ3v) is 2.96. The summed E-state index contributed by atoms with van der Waals surface area (Å²) in [5.41, 5.74) is 5.48. The summed E-state index contributed by atoms with van der Waals surface area (Å²) in [5.74, 6) is 0. The van der Waals surface area contributed by atoms with Crippen molar-refractivity contribution in [2.75, 3.05) is 5.73 Å². The number of rotatable bonds is 1. The average molecular weight is 333 g/mol. The molecule has 6 heteroatoms. The third kappa shape index (κ3) is 2.42. The molecule has 0 aliphatic heterocycles. The lowest BCUT2D eigenvalue weighted by atomic mass is 10.1. The molecule has 0 aliphatic rings. The van der Waals surface area contributed by atoms with Gasteiger partial charge in [-0.1, -0.05) is 31.9 Å². The molecular weight excluding hydrogens is 327 g/mol. The topological polar surface area (TPSA) is 26.0 Å². The zero-order valence-corrected chi connectivity index (χ0v) is 10.0. The minimum absolute atomic E-state index is 0.128. The second kappa shape index (κ2) is 4.10. The highest BCUT2D eigenvalue weighted by Gasteiger charge is 2.31. The summed E-state index contributed by atoms with van der Waals surface area (Å²) in [7, 11) is 0. The Bertz CT molecular complexity index is 326. The van der Waals surface area contributed by atoms with Gasteiger partial charge in [0.1, 0.15) is 0 Å². The molecule has 0 amide bonds. The van der Waals surface area contributed by atoms with E-state index in [-0.39, 0.29) is 5.69 Å². The Hall–Kier alpha value is -0.230. The van der Waals surface area contributed by atoms with Crippen molar-refractivity contribution in [3.8, 4) is 0 Å². The second-order valence-corrected chi connectivity index (χ2v) is 4.07. The molecule has 1 rings (SSSR count). The summed E-state index contributed by atoms with van der Waals surface area (Å²) in [6.45, 7) is 0. The fraction of sp³-hybridized carbons (Fsp3) is 0.250. The standard InChI is InChI=1S/C8H6Br2F3N/c9-3-5-6(10)1-4(2-7(5)14)8(11,12)13/h1-2H,3,14H2. The Labute approximate surface area is 95.7 Å². The molecule has 0 spiro atoms. The van der Waals surface area contributed by atoms with Crippen molar-refractivity contribution >= 4 is 37.5 Å². The predicted octanol–water partition coefficient (Wildman–Crippen LogP) is 3.95. The van der Waals surface area contributed by atoms with E-state index in [2.05, 4.69) is 31.9 Å². The maximum atomic E-state index is 12.3. The minimum atomic E-state index is -4.36. The van der Waals surface area contributed by atoms with Crippen LogP contribution in [0.5, 0.6) is 0 Å². The van der Waals surface area contributed by atoms with Gasteiger partial charge in [0.2, 0.25) is 0 Å². The predicted molar refractivity (Wildman–Crippen MR) is 56.2 cm³/mol. The van der Waals surface area contributed by atoms with Crippen LogP contribution in [-0.2, 0) is 11.5 Å². The zero-order chi connectivity index (χ0) is 10.9. The largest absolute Gasteiger partial charge is 0.416 e. The van der Waals surface area contributed by atoms with E-state index in [9.17, 15) is 13.2 Å². The molecule has 0 saturated carbocycles. The van der Waals surface area contributed by atoms with Crippen molar-refractivity contribution in [2.24, 2.45) is 0 Å². The molecule has 0 atom stereocenters. The van der Waals surface area contributed by atoms with Crippen molar-refractivity contribution in [1.29, 1.82) is 0 Å². The van der Waals surface area contributed by atoms with Gasteiger partial charge < -0.3 is 5.73 Å². The van der Waals surface area contributed by atoms with Gasteiger partial charge in [-0.05, 0) is 17.7 Å². The van der Waals surface area contributed by atoms with E-state index >= 15 is 0 Å². The maximum Gasteiger partial charge on any atom is 0.416 e. The van der Waals surface area contributed by atoms with E-state index in [0.717, 1.165) is 12.1 Å². The van der Waals surface area contributed by atoms with Gasteiger partial charge in [-0.25, -0.2) is 0 Å². The summed E-state index contributed by atoms with van der Waals surface area (Å²) in [4.78, 5) is 0. The van der Waals surface area contributed by atoms with Crippen molar-refractivity contribution in [2.45, 2.75) is 11.5 Å². The van der Waals surface area contributed by atoms with Gasteiger partial charge in [0.25, 0.3) is 0 Å². The summed E-state index contributed by atoms with van der Waals surface area (Å²) in [6, 6.07) is 1.95. The van der Waals surface area contributed by atoms with Crippen LogP contribution < -0.4 is 5.73 Å². The lowest BCUT2D eigenvalue weighted by Gasteiger charge is -2.11. The van der Waals surface area contributed by atoms with E-state index in [4.69, 9.17) is 5.73 Å². The quantitative estimate of drug-likeness (QED) is 0.611. The van der Waals surface area contributed by atoms with Crippen molar-refractivity contribution in [1.82, 2.24) is 0 Å². The monoisotopic (exact) mass is 331 g/mol. The number of nitrogen functional groups attached to an aromatic ring is 1. The first-order valence-electron chi connectivity index (χ1n) is 3.57. The highest BCUT2D eigenvalue weighted by Crippen LogP contribution is 2.35. The lowest BCUT2D eigenvalue weighted by molar-refractivity contribution is -0.137. The highest BCUT2D eigenvalue weighted by atomic mass is 79.9. The SMILES string of the molecule is Nc1cc(C(F)(F)F)cc(Br)c1CBr. The van der Waals surface area contributed by atoms with Gasteiger partial charge in [0.15, 0.2) is 0 Å². The molecule has 0 bridgehead atoms. The highest BCUT2D eigenvalue weighted by molar-refractivity contribution is 9.10. The lowest BCUT2D eigenvalue weighted by Crippen LogP contribution is -2.07. The molecule has 0 saturated heterocycles. The molecule has 2 N–H and O–H groups in total. The Morgan fingerprint density at radius 3 is 2.21 bits per heavy atom. The minimum Gasteiger partial charge on any atom is -0.398 e. The second-order valence-electron chi connectivity index (χ2n) is 2.66. The van der Waals surface area contributed by atoms with Crippen LogP contribution in [0.1, 0.15) is 11.1 Å². The van der Waals surface area contributed by atoms with Gasteiger partial charge in [0, 0.05) is 15.5 Å². The Morgan fingerprint density at radius 2 is 1.86 bits per heavy atom. The Morgan fingerprint density at radius 1 is 1.29 bits per heavy atom. The van der Waals surface area contributed by atoms with Crippen LogP contribution in [0.3, 0.4) is 0 Å². The Balaban J connectivity index is 3.28. The summed E-state index contributed by atoms with van der Waals surface area (Å²) in [5, 5.41) is 0.414. The maximum absolute atomic E-state index is 12.3. The average Bonchev–Trinajstić information content (AvgIpc) is 2.01. The fourth-order valence-electron chi connectivity index (χ4n) is 0.962. The molecule has 1 aromatic carbocycles. The molecule has 0 radical (unpaired) electrons. The smallest absolute Gasteiger partial charge is 0.398 e. The number of hydrogen-bond acceptors (Lipinski definition) is 1. The number of hydrogen-bond donors (Lipinski definition) is 1. The normalized spacial score (nSPS) is 11.8. The molecule has 1 aromatic rings. The van der Waals surface area contributed by atoms with Crippen LogP contribution in [0.2, 0.25) is 0 Å². The fourth-order valence-corrected chi connectivity index (χ4v) is 2.58. The molecule has 0 aliphatic carbocycles. The molecular formula is C8H6Br2F3N. The van der Waals surface area contributed by atoms with Crippen LogP contribution >= 0.6 is 31.9 Å². The van der Waals surface area contributed by atoms with Gasteiger partial charge in [-0.15, -0.1) is 0 Å². The van der Waals surface area contributed by atoms with Gasteiger partial charge in [-0.3, -0.25) is 0 Å². The zero-order valence-electron chi connectivity index (χ0n) is 6.83. The summed E-state index contributed by atoms with van der Waals surface area (Å²) >= 11 is 6.18. The van der Waals surface area contributed by atoms with Crippen LogP contribution in [-0.4, -0.2) is 0 Å². The summed E-state index contributed by atoms with van der Waals surface area (Å²) in [6.07, 6.45) is -4.36. The van der Waals surface area contributed by atoms with Crippen molar-refractivity contribution in [3.63, 3.8) is 0 Å². The first-order valence-corrected chi connectivity index (χ1v) is 5.48. The number of alkyl halides is 4. The van der Waals surface area contributed by atoms with E-state index in [1.807, 2.05) is 0 Å². The molecule has 14 heavy (non-hydrogen) atoms. The van der Waals surface area contributed by atoms with Gasteiger partial charge in [0.05, 0.1) is 5.56 Å². The van der Waals surface area contributed by atoms with Crippen LogP contribution in [0.25, 0.3) is 0 Å². The molecule has 0 unspecified atom stereocenters. The third-order valence-electron chi connectivity index (χ3n) is 1.69. The van der Waals surface area contributed by atoms with Crippen LogP contribution in [0.4, 0.5) is 18.9 Å². The van der Waals surface area contributed by atoms with E-state index in [0.29, 0.717) is 15.4 Å². The molecule has 0 fully saturated rings. The van der Waals surface area contributed by atoms with Gasteiger partial charge >= 0.3 is 6.18 Å². The number of anilines is 1. The molecule has 78 valence electrons. The molecule has 0 aromatic heterocycles. The molecule has 0 heterocycles. The number of nitrogens with two attached hydrogens (primary N) is 1. The Kier molecular flexibility index (Phi) is 3.47. The number of halogens is 5. The summed E-state index contributed by atoms with van der Waals surface area (Å²) < 4.78 is 37.2. The first kappa shape index (κ1) is 11.8. The van der Waals surface area contributed by atoms with Crippen LogP contribution in [0, 0.1) is 0 Å². The van der Waals surface area contributed by atoms with Gasteiger partial charge in [-0.2, -0.15) is 13.2 Å². The van der Waals surface area contributed by atoms with E-state index in [1.165, 1.54) is 0 Å². The van der Waals surface area contributed by atoms with Crippen molar-refractivity contribution in [3.05, 3.63) is 27.7 Å². The van der Waals surface area contributed by atoms with E-state index in [1.54, 1.807) is 0 Å². The first-order chi connectivity index (χ1) is 6.36. The van der Waals surface area contributed by atoms with E-state index < -0.39 is 11.7 Å².